The van der Waals surface area contributed by atoms with Crippen molar-refractivity contribution >= 4 is 28.5 Å². The highest BCUT2D eigenvalue weighted by Crippen LogP contribution is 2.31. The van der Waals surface area contributed by atoms with Crippen LogP contribution in [0.1, 0.15) is 29.3 Å². The lowest BCUT2D eigenvalue weighted by Gasteiger charge is -2.24. The van der Waals surface area contributed by atoms with Crippen molar-refractivity contribution in [1.29, 1.82) is 0 Å². The first-order chi connectivity index (χ1) is 11.1. The standard InChI is InChI=1S/C19H19NO3/c1-13(22)20(9-4-10-21)12-16-11-15-7-2-5-14-6-3-8-17(18(14)15)19(16)23/h2-3,5-8,11,21H,4,9-10,12H2,1H3. The third kappa shape index (κ3) is 2.90. The largest absolute Gasteiger partial charge is 0.396 e. The average Bonchev–Trinajstić information content (AvgIpc) is 2.55. The number of hydrogen-bond acceptors (Lipinski definition) is 3. The van der Waals surface area contributed by atoms with Crippen molar-refractivity contribution in [1.82, 2.24) is 4.90 Å². The van der Waals surface area contributed by atoms with E-state index in [-0.39, 0.29) is 24.8 Å². The molecule has 2 aromatic carbocycles. The molecule has 23 heavy (non-hydrogen) atoms. The molecule has 118 valence electrons. The van der Waals surface area contributed by atoms with Crippen LogP contribution in [0.5, 0.6) is 0 Å². The van der Waals surface area contributed by atoms with Crippen LogP contribution in [0.4, 0.5) is 0 Å². The normalized spacial score (nSPS) is 13.1. The van der Waals surface area contributed by atoms with Gasteiger partial charge in [-0.3, -0.25) is 9.59 Å². The highest BCUT2D eigenvalue weighted by atomic mass is 16.3. The topological polar surface area (TPSA) is 57.6 Å². The highest BCUT2D eigenvalue weighted by molar-refractivity contribution is 6.23. The lowest BCUT2D eigenvalue weighted by Crippen LogP contribution is -2.34. The summed E-state index contributed by atoms with van der Waals surface area (Å²) in [6, 6.07) is 11.7. The van der Waals surface area contributed by atoms with Gasteiger partial charge in [0.25, 0.3) is 0 Å². The molecule has 0 atom stereocenters. The number of Topliss-reactive ketones (excluding diaryl/α,β-unsaturated/α-hetero) is 1. The summed E-state index contributed by atoms with van der Waals surface area (Å²) in [6.45, 7) is 2.24. The molecule has 0 unspecified atom stereocenters. The van der Waals surface area contributed by atoms with Gasteiger partial charge in [-0.2, -0.15) is 0 Å². The van der Waals surface area contributed by atoms with Crippen molar-refractivity contribution in [2.75, 3.05) is 19.7 Å². The third-order valence-corrected chi connectivity index (χ3v) is 4.20. The smallest absolute Gasteiger partial charge is 0.219 e. The van der Waals surface area contributed by atoms with Crippen LogP contribution in [0.2, 0.25) is 0 Å². The molecule has 0 radical (unpaired) electrons. The number of benzene rings is 2. The van der Waals surface area contributed by atoms with Gasteiger partial charge in [-0.15, -0.1) is 0 Å². The number of hydrogen-bond donors (Lipinski definition) is 1. The molecule has 3 rings (SSSR count). The minimum absolute atomic E-state index is 0.0236. The van der Waals surface area contributed by atoms with Crippen LogP contribution in [0.3, 0.4) is 0 Å². The second-order valence-electron chi connectivity index (χ2n) is 5.77. The number of carbonyl (C=O) groups excluding carboxylic acids is 2. The molecule has 0 saturated carbocycles. The van der Waals surface area contributed by atoms with Crippen molar-refractivity contribution in [2.45, 2.75) is 13.3 Å². The van der Waals surface area contributed by atoms with Crippen LogP contribution >= 0.6 is 0 Å². The number of aliphatic hydroxyl groups is 1. The Morgan fingerprint density at radius 3 is 2.61 bits per heavy atom. The van der Waals surface area contributed by atoms with Gasteiger partial charge in [0.15, 0.2) is 5.78 Å². The van der Waals surface area contributed by atoms with Crippen LogP contribution in [-0.4, -0.2) is 41.4 Å². The first-order valence-corrected chi connectivity index (χ1v) is 7.75. The van der Waals surface area contributed by atoms with E-state index in [4.69, 9.17) is 5.11 Å². The molecule has 2 aromatic rings. The molecule has 0 spiro atoms. The van der Waals surface area contributed by atoms with Crippen molar-refractivity contribution in [2.24, 2.45) is 0 Å². The van der Waals surface area contributed by atoms with Crippen LogP contribution in [0.25, 0.3) is 16.8 Å². The van der Waals surface area contributed by atoms with Gasteiger partial charge in [0.1, 0.15) is 0 Å². The molecule has 0 aromatic heterocycles. The molecule has 1 N–H and O–H groups in total. The van der Waals surface area contributed by atoms with Crippen LogP contribution in [0.15, 0.2) is 42.0 Å². The van der Waals surface area contributed by atoms with Gasteiger partial charge in [0.05, 0.1) is 0 Å². The molecule has 1 amide bonds. The molecule has 0 aliphatic heterocycles. The molecule has 1 aliphatic carbocycles. The maximum Gasteiger partial charge on any atom is 0.219 e. The van der Waals surface area contributed by atoms with Gasteiger partial charge < -0.3 is 10.0 Å². The van der Waals surface area contributed by atoms with Crippen molar-refractivity contribution < 1.29 is 14.7 Å². The first kappa shape index (κ1) is 15.4. The number of aliphatic hydroxyl groups excluding tert-OH is 1. The summed E-state index contributed by atoms with van der Waals surface area (Å²) in [5, 5.41) is 11.0. The minimum Gasteiger partial charge on any atom is -0.396 e. The Morgan fingerprint density at radius 1 is 1.17 bits per heavy atom. The molecule has 1 aliphatic rings. The molecule has 4 nitrogen and oxygen atoms in total. The van der Waals surface area contributed by atoms with Gasteiger partial charge in [0, 0.05) is 43.1 Å². The van der Waals surface area contributed by atoms with Crippen LogP contribution < -0.4 is 0 Å². The van der Waals surface area contributed by atoms with Gasteiger partial charge in [0.2, 0.25) is 5.91 Å². The molecular formula is C19H19NO3. The average molecular weight is 309 g/mol. The zero-order valence-electron chi connectivity index (χ0n) is 13.1. The summed E-state index contributed by atoms with van der Waals surface area (Å²) < 4.78 is 0. The number of nitrogens with zero attached hydrogens (tertiary/aromatic N) is 1. The van der Waals surface area contributed by atoms with E-state index in [0.29, 0.717) is 24.1 Å². The van der Waals surface area contributed by atoms with Gasteiger partial charge in [-0.1, -0.05) is 36.4 Å². The van der Waals surface area contributed by atoms with Crippen molar-refractivity contribution in [3.05, 3.63) is 53.1 Å². The molecule has 0 heterocycles. The third-order valence-electron chi connectivity index (χ3n) is 4.20. The summed E-state index contributed by atoms with van der Waals surface area (Å²) >= 11 is 0. The van der Waals surface area contributed by atoms with E-state index < -0.39 is 0 Å². The van der Waals surface area contributed by atoms with E-state index in [1.54, 1.807) is 4.90 Å². The molecular weight excluding hydrogens is 290 g/mol. The quantitative estimate of drug-likeness (QED) is 0.924. The van der Waals surface area contributed by atoms with E-state index in [9.17, 15) is 9.59 Å². The summed E-state index contributed by atoms with van der Waals surface area (Å²) in [5.74, 6) is -0.117. The fraction of sp³-hybridized carbons (Fsp3) is 0.263. The molecule has 0 fully saturated rings. The van der Waals surface area contributed by atoms with E-state index in [1.807, 2.05) is 42.5 Å². The minimum atomic E-state index is -0.0933. The van der Waals surface area contributed by atoms with Crippen LogP contribution in [0, 0.1) is 0 Å². The molecule has 0 saturated heterocycles. The number of rotatable bonds is 5. The van der Waals surface area contributed by atoms with E-state index >= 15 is 0 Å². The second-order valence-corrected chi connectivity index (χ2v) is 5.77. The Balaban J connectivity index is 1.98. The fourth-order valence-electron chi connectivity index (χ4n) is 3.04. The Kier molecular flexibility index (Phi) is 4.26. The van der Waals surface area contributed by atoms with Gasteiger partial charge in [-0.05, 0) is 23.4 Å². The van der Waals surface area contributed by atoms with Crippen molar-refractivity contribution in [3.63, 3.8) is 0 Å². The SMILES string of the molecule is CC(=O)N(CCCO)CC1=Cc2cccc3cccc(c23)C1=O. The van der Waals surface area contributed by atoms with Gasteiger partial charge in [-0.25, -0.2) is 0 Å². The second kappa shape index (κ2) is 6.34. The molecule has 0 bridgehead atoms. The first-order valence-electron chi connectivity index (χ1n) is 7.75. The number of amides is 1. The fourth-order valence-corrected chi connectivity index (χ4v) is 3.04. The van der Waals surface area contributed by atoms with Gasteiger partial charge >= 0.3 is 0 Å². The summed E-state index contributed by atoms with van der Waals surface area (Å²) in [6.07, 6.45) is 2.39. The Morgan fingerprint density at radius 2 is 1.91 bits per heavy atom. The zero-order valence-corrected chi connectivity index (χ0v) is 13.1. The zero-order chi connectivity index (χ0) is 16.4. The highest BCUT2D eigenvalue weighted by Gasteiger charge is 2.23. The maximum absolute atomic E-state index is 12.8. The Hall–Kier alpha value is -2.46. The summed E-state index contributed by atoms with van der Waals surface area (Å²) in [4.78, 5) is 26.2. The summed E-state index contributed by atoms with van der Waals surface area (Å²) in [5.41, 5.74) is 2.32. The van der Waals surface area contributed by atoms with Crippen LogP contribution in [-0.2, 0) is 4.79 Å². The summed E-state index contributed by atoms with van der Waals surface area (Å²) in [7, 11) is 0. The Labute approximate surface area is 135 Å². The predicted octanol–water partition coefficient (Wildman–Crippen LogP) is 2.65. The lowest BCUT2D eigenvalue weighted by atomic mass is 9.88. The lowest BCUT2D eigenvalue weighted by molar-refractivity contribution is -0.128. The van der Waals surface area contributed by atoms with E-state index in [0.717, 1.165) is 16.3 Å². The van der Waals surface area contributed by atoms with E-state index in [2.05, 4.69) is 0 Å². The number of carbonyl (C=O) groups is 2. The maximum atomic E-state index is 12.8. The van der Waals surface area contributed by atoms with E-state index in [1.165, 1.54) is 6.92 Å². The number of ketones is 1. The molecule has 4 heteroatoms. The predicted molar refractivity (Wildman–Crippen MR) is 90.2 cm³/mol. The Bertz CT molecular complexity index is 802. The monoisotopic (exact) mass is 309 g/mol. The van der Waals surface area contributed by atoms with Crippen molar-refractivity contribution in [3.8, 4) is 0 Å².